The number of hydrogen-bond acceptors (Lipinski definition) is 4. The monoisotopic (exact) mass is 301 g/mol. The number of amides is 1. The van der Waals surface area contributed by atoms with Crippen molar-refractivity contribution in [1.29, 1.82) is 0 Å². The second-order valence-electron chi connectivity index (χ2n) is 3.91. The molecule has 0 fully saturated rings. The minimum Gasteiger partial charge on any atom is -0.397 e. The molecule has 5 nitrogen and oxygen atoms in total. The summed E-state index contributed by atoms with van der Waals surface area (Å²) in [4.78, 5) is 15.7. The molecule has 1 aromatic heterocycles. The van der Waals surface area contributed by atoms with Crippen molar-refractivity contribution in [3.05, 3.63) is 16.7 Å². The first kappa shape index (κ1) is 13.9. The third kappa shape index (κ3) is 4.70. The van der Waals surface area contributed by atoms with E-state index in [2.05, 4.69) is 26.2 Å². The average molecular weight is 302 g/mol. The molecular formula is C11H16BrN3O2. The lowest BCUT2D eigenvalue weighted by Crippen LogP contribution is -2.18. The lowest BCUT2D eigenvalue weighted by Gasteiger charge is -2.11. The maximum Gasteiger partial charge on any atom is 0.225 e. The summed E-state index contributed by atoms with van der Waals surface area (Å²) in [6.45, 7) is 2.51. The molecule has 0 aromatic carbocycles. The van der Waals surface area contributed by atoms with Gasteiger partial charge in [0.1, 0.15) is 5.82 Å². The predicted molar refractivity (Wildman–Crippen MR) is 70.6 cm³/mol. The molecule has 1 atom stereocenters. The zero-order chi connectivity index (χ0) is 12.8. The van der Waals surface area contributed by atoms with Crippen molar-refractivity contribution < 1.29 is 9.53 Å². The Balaban J connectivity index is 2.56. The molecular weight excluding hydrogens is 286 g/mol. The van der Waals surface area contributed by atoms with Gasteiger partial charge in [0.2, 0.25) is 5.91 Å². The fourth-order valence-electron chi connectivity index (χ4n) is 1.39. The first-order valence-corrected chi connectivity index (χ1v) is 6.02. The van der Waals surface area contributed by atoms with E-state index in [9.17, 15) is 4.79 Å². The van der Waals surface area contributed by atoms with Gasteiger partial charge in [0.05, 0.1) is 16.4 Å². The minimum atomic E-state index is -0.0903. The SMILES string of the molecule is COCC(C)CC(=O)Nc1ncc(N)cc1Br. The zero-order valence-electron chi connectivity index (χ0n) is 9.87. The van der Waals surface area contributed by atoms with Crippen LogP contribution >= 0.6 is 15.9 Å². The number of nitrogen functional groups attached to an aromatic ring is 1. The van der Waals surface area contributed by atoms with E-state index in [1.54, 1.807) is 13.2 Å². The van der Waals surface area contributed by atoms with Gasteiger partial charge in [0, 0.05) is 20.1 Å². The summed E-state index contributed by atoms with van der Waals surface area (Å²) in [6, 6.07) is 1.70. The number of halogens is 1. The van der Waals surface area contributed by atoms with Crippen molar-refractivity contribution in [1.82, 2.24) is 4.98 Å². The Labute approximate surface area is 109 Å². The van der Waals surface area contributed by atoms with Crippen molar-refractivity contribution in [2.45, 2.75) is 13.3 Å². The van der Waals surface area contributed by atoms with Crippen molar-refractivity contribution in [2.24, 2.45) is 5.92 Å². The highest BCUT2D eigenvalue weighted by molar-refractivity contribution is 9.10. The van der Waals surface area contributed by atoms with Gasteiger partial charge in [-0.3, -0.25) is 4.79 Å². The molecule has 6 heteroatoms. The molecule has 1 amide bonds. The molecule has 3 N–H and O–H groups in total. The number of hydrogen-bond donors (Lipinski definition) is 2. The maximum atomic E-state index is 11.7. The lowest BCUT2D eigenvalue weighted by molar-refractivity contribution is -0.117. The Morgan fingerprint density at radius 3 is 3.00 bits per heavy atom. The number of nitrogens with zero attached hydrogens (tertiary/aromatic N) is 1. The maximum absolute atomic E-state index is 11.7. The van der Waals surface area contributed by atoms with E-state index in [4.69, 9.17) is 10.5 Å². The van der Waals surface area contributed by atoms with Crippen LogP contribution < -0.4 is 11.1 Å². The van der Waals surface area contributed by atoms with Gasteiger partial charge in [0.15, 0.2) is 0 Å². The third-order valence-corrected chi connectivity index (χ3v) is 2.71. The number of anilines is 2. The zero-order valence-corrected chi connectivity index (χ0v) is 11.5. The van der Waals surface area contributed by atoms with E-state index in [0.29, 0.717) is 29.0 Å². The van der Waals surface area contributed by atoms with Crippen molar-refractivity contribution in [3.63, 3.8) is 0 Å². The van der Waals surface area contributed by atoms with Gasteiger partial charge in [-0.1, -0.05) is 6.92 Å². The largest absolute Gasteiger partial charge is 0.397 e. The van der Waals surface area contributed by atoms with Crippen molar-refractivity contribution in [2.75, 3.05) is 24.8 Å². The fourth-order valence-corrected chi connectivity index (χ4v) is 1.85. The Morgan fingerprint density at radius 1 is 1.71 bits per heavy atom. The number of carbonyl (C=O) groups excluding carboxylic acids is 1. The molecule has 0 radical (unpaired) electrons. The first-order valence-electron chi connectivity index (χ1n) is 5.22. The van der Waals surface area contributed by atoms with Crippen LogP contribution in [0.2, 0.25) is 0 Å². The van der Waals surface area contributed by atoms with Gasteiger partial charge in [-0.05, 0) is 27.9 Å². The Bertz CT molecular complexity index is 398. The summed E-state index contributed by atoms with van der Waals surface area (Å²) in [5, 5.41) is 2.72. The topological polar surface area (TPSA) is 77.2 Å². The summed E-state index contributed by atoms with van der Waals surface area (Å²) in [7, 11) is 1.62. The van der Waals surface area contributed by atoms with Crippen LogP contribution in [0.15, 0.2) is 16.7 Å². The molecule has 0 aliphatic carbocycles. The summed E-state index contributed by atoms with van der Waals surface area (Å²) in [6.07, 6.45) is 1.89. The predicted octanol–water partition coefficient (Wildman–Crippen LogP) is 2.04. The number of nitrogens with two attached hydrogens (primary N) is 1. The van der Waals surface area contributed by atoms with Crippen LogP contribution in [0.1, 0.15) is 13.3 Å². The number of aromatic nitrogens is 1. The van der Waals surface area contributed by atoms with Gasteiger partial charge in [0.25, 0.3) is 0 Å². The quantitative estimate of drug-likeness (QED) is 0.872. The second kappa shape index (κ2) is 6.56. The normalized spacial score (nSPS) is 12.2. The third-order valence-electron chi connectivity index (χ3n) is 2.11. The van der Waals surface area contributed by atoms with E-state index in [1.807, 2.05) is 6.92 Å². The molecule has 1 rings (SSSR count). The molecule has 0 aliphatic rings. The van der Waals surface area contributed by atoms with Gasteiger partial charge in [-0.15, -0.1) is 0 Å². The molecule has 94 valence electrons. The van der Waals surface area contributed by atoms with E-state index in [1.165, 1.54) is 6.20 Å². The average Bonchev–Trinajstić information content (AvgIpc) is 2.22. The van der Waals surface area contributed by atoms with Crippen LogP contribution in [0.4, 0.5) is 11.5 Å². The molecule has 0 bridgehead atoms. The second-order valence-corrected chi connectivity index (χ2v) is 4.77. The number of nitrogens with one attached hydrogen (secondary N) is 1. The number of carbonyl (C=O) groups is 1. The van der Waals surface area contributed by atoms with E-state index in [-0.39, 0.29) is 11.8 Å². The first-order chi connectivity index (χ1) is 8.02. The van der Waals surface area contributed by atoms with Crippen molar-refractivity contribution >= 4 is 33.3 Å². The number of rotatable bonds is 5. The lowest BCUT2D eigenvalue weighted by atomic mass is 10.1. The van der Waals surface area contributed by atoms with Gasteiger partial charge in [-0.2, -0.15) is 0 Å². The van der Waals surface area contributed by atoms with Crippen LogP contribution in [0.25, 0.3) is 0 Å². The van der Waals surface area contributed by atoms with Gasteiger partial charge >= 0.3 is 0 Å². The highest BCUT2D eigenvalue weighted by atomic mass is 79.9. The summed E-state index contributed by atoms with van der Waals surface area (Å²) >= 11 is 3.29. The van der Waals surface area contributed by atoms with Crippen LogP contribution in [0, 0.1) is 5.92 Å². The summed E-state index contributed by atoms with van der Waals surface area (Å²) < 4.78 is 5.64. The van der Waals surface area contributed by atoms with E-state index >= 15 is 0 Å². The fraction of sp³-hybridized carbons (Fsp3) is 0.455. The highest BCUT2D eigenvalue weighted by Gasteiger charge is 2.11. The molecule has 0 spiro atoms. The molecule has 0 saturated heterocycles. The number of methoxy groups -OCH3 is 1. The Kier molecular flexibility index (Phi) is 5.37. The molecule has 1 unspecified atom stereocenters. The van der Waals surface area contributed by atoms with E-state index < -0.39 is 0 Å². The summed E-state index contributed by atoms with van der Waals surface area (Å²) in [5.41, 5.74) is 6.10. The van der Waals surface area contributed by atoms with Gasteiger partial charge in [-0.25, -0.2) is 4.98 Å². The molecule has 1 aromatic rings. The molecule has 0 aliphatic heterocycles. The molecule has 1 heterocycles. The Hall–Kier alpha value is -1.14. The van der Waals surface area contributed by atoms with Crippen LogP contribution in [-0.2, 0) is 9.53 Å². The number of ether oxygens (including phenoxy) is 1. The Morgan fingerprint density at radius 2 is 2.41 bits per heavy atom. The molecule has 0 saturated carbocycles. The molecule has 17 heavy (non-hydrogen) atoms. The smallest absolute Gasteiger partial charge is 0.225 e. The minimum absolute atomic E-state index is 0.0903. The number of pyridine rings is 1. The summed E-state index contributed by atoms with van der Waals surface area (Å²) in [5.74, 6) is 0.564. The van der Waals surface area contributed by atoms with Crippen LogP contribution in [0.5, 0.6) is 0 Å². The standard InChI is InChI=1S/C11H16BrN3O2/c1-7(6-17-2)3-10(16)15-11-9(12)4-8(13)5-14-11/h4-5,7H,3,6,13H2,1-2H3,(H,14,15,16). The van der Waals surface area contributed by atoms with Crippen LogP contribution in [0.3, 0.4) is 0 Å². The van der Waals surface area contributed by atoms with Crippen molar-refractivity contribution in [3.8, 4) is 0 Å². The highest BCUT2D eigenvalue weighted by Crippen LogP contribution is 2.22. The van der Waals surface area contributed by atoms with Gasteiger partial charge < -0.3 is 15.8 Å². The van der Waals surface area contributed by atoms with Crippen LogP contribution in [-0.4, -0.2) is 24.6 Å². The van der Waals surface area contributed by atoms with E-state index in [0.717, 1.165) is 0 Å².